The Balaban J connectivity index is 1.77. The summed E-state index contributed by atoms with van der Waals surface area (Å²) >= 11 is 0. The van der Waals surface area contributed by atoms with Crippen molar-refractivity contribution in [3.8, 4) is 0 Å². The van der Waals surface area contributed by atoms with Crippen molar-refractivity contribution in [1.29, 1.82) is 0 Å². The molecule has 2 aromatic rings. The highest BCUT2D eigenvalue weighted by Gasteiger charge is 2.41. The first kappa shape index (κ1) is 17.2. The average molecular weight is 341 g/mol. The van der Waals surface area contributed by atoms with Gasteiger partial charge in [-0.05, 0) is 25.3 Å². The minimum Gasteiger partial charge on any atom is -0.480 e. The van der Waals surface area contributed by atoms with Gasteiger partial charge in [-0.25, -0.2) is 4.79 Å². The first-order valence-electron chi connectivity index (χ1n) is 8.64. The van der Waals surface area contributed by atoms with Crippen molar-refractivity contribution in [3.63, 3.8) is 0 Å². The molecule has 3 rings (SSSR count). The monoisotopic (exact) mass is 341 g/mol. The van der Waals surface area contributed by atoms with E-state index in [4.69, 9.17) is 0 Å². The van der Waals surface area contributed by atoms with Crippen LogP contribution in [0.15, 0.2) is 36.5 Å². The van der Waals surface area contributed by atoms with E-state index in [1.807, 2.05) is 37.3 Å². The van der Waals surface area contributed by atoms with Gasteiger partial charge in [-0.15, -0.1) is 0 Å². The van der Waals surface area contributed by atoms with E-state index in [0.29, 0.717) is 24.9 Å². The highest BCUT2D eigenvalue weighted by molar-refractivity contribution is 5.98. The number of aromatic nitrogens is 2. The lowest BCUT2D eigenvalue weighted by Crippen LogP contribution is -2.55. The molecule has 1 aliphatic carbocycles. The molecule has 0 atom stereocenters. The van der Waals surface area contributed by atoms with Gasteiger partial charge in [0.05, 0.1) is 18.3 Å². The molecule has 1 aliphatic rings. The fourth-order valence-electron chi connectivity index (χ4n) is 3.42. The summed E-state index contributed by atoms with van der Waals surface area (Å²) < 4.78 is 1.76. The first-order valence-corrected chi connectivity index (χ1v) is 8.64. The van der Waals surface area contributed by atoms with Crippen molar-refractivity contribution in [2.45, 2.75) is 51.1 Å². The fourth-order valence-corrected chi connectivity index (χ4v) is 3.42. The molecule has 6 nitrogen and oxygen atoms in total. The normalized spacial score (nSPS) is 16.4. The molecule has 1 fully saturated rings. The van der Waals surface area contributed by atoms with E-state index in [0.717, 1.165) is 30.5 Å². The summed E-state index contributed by atoms with van der Waals surface area (Å²) in [5, 5.41) is 16.7. The number of carboxylic acid groups (broad SMARTS) is 1. The van der Waals surface area contributed by atoms with Crippen LogP contribution in [0.1, 0.15) is 53.7 Å². The summed E-state index contributed by atoms with van der Waals surface area (Å²) in [5.74, 6) is -1.31. The maximum absolute atomic E-state index is 12.7. The number of aliphatic carboxylic acids is 1. The predicted octanol–water partition coefficient (Wildman–Crippen LogP) is 2.76. The highest BCUT2D eigenvalue weighted by Crippen LogP contribution is 2.29. The SMILES string of the molecule is Cc1c(C(=O)NC2(C(=O)O)CCCCC2)cnn1Cc1ccccc1. The Labute approximate surface area is 146 Å². The second kappa shape index (κ2) is 7.09. The number of carbonyl (C=O) groups is 2. The van der Waals surface area contributed by atoms with E-state index in [1.165, 1.54) is 6.20 Å². The third-order valence-electron chi connectivity index (χ3n) is 4.99. The molecule has 1 aromatic heterocycles. The average Bonchev–Trinajstić information content (AvgIpc) is 2.97. The van der Waals surface area contributed by atoms with Gasteiger partial charge in [0.15, 0.2) is 0 Å². The molecule has 0 radical (unpaired) electrons. The van der Waals surface area contributed by atoms with Gasteiger partial charge in [0.1, 0.15) is 5.54 Å². The largest absolute Gasteiger partial charge is 0.480 e. The van der Waals surface area contributed by atoms with Crippen molar-refractivity contribution in [2.24, 2.45) is 0 Å². The molecule has 0 aliphatic heterocycles. The molecule has 0 saturated heterocycles. The van der Waals surface area contributed by atoms with Crippen LogP contribution in [0.25, 0.3) is 0 Å². The second-order valence-electron chi connectivity index (χ2n) is 6.69. The van der Waals surface area contributed by atoms with Crippen LogP contribution in [-0.4, -0.2) is 32.3 Å². The van der Waals surface area contributed by atoms with Crippen molar-refractivity contribution in [2.75, 3.05) is 0 Å². The molecule has 1 saturated carbocycles. The van der Waals surface area contributed by atoms with Gasteiger partial charge in [0.25, 0.3) is 5.91 Å². The topological polar surface area (TPSA) is 84.2 Å². The fraction of sp³-hybridized carbons (Fsp3) is 0.421. The molecule has 2 N–H and O–H groups in total. The second-order valence-corrected chi connectivity index (χ2v) is 6.69. The number of rotatable bonds is 5. The summed E-state index contributed by atoms with van der Waals surface area (Å²) in [6.07, 6.45) is 5.12. The van der Waals surface area contributed by atoms with Crippen LogP contribution < -0.4 is 5.32 Å². The van der Waals surface area contributed by atoms with Crippen LogP contribution in [-0.2, 0) is 11.3 Å². The minimum atomic E-state index is -1.15. The number of amides is 1. The van der Waals surface area contributed by atoms with Gasteiger partial charge < -0.3 is 10.4 Å². The standard InChI is InChI=1S/C19H23N3O3/c1-14-16(12-20-22(14)13-15-8-4-2-5-9-15)17(23)21-19(18(24)25)10-6-3-7-11-19/h2,4-5,8-9,12H,3,6-7,10-11,13H2,1H3,(H,21,23)(H,24,25). The third kappa shape index (κ3) is 3.57. The van der Waals surface area contributed by atoms with Gasteiger partial charge >= 0.3 is 5.97 Å². The van der Waals surface area contributed by atoms with Crippen molar-refractivity contribution in [3.05, 3.63) is 53.3 Å². The van der Waals surface area contributed by atoms with Crippen LogP contribution in [0.3, 0.4) is 0 Å². The van der Waals surface area contributed by atoms with E-state index in [-0.39, 0.29) is 5.91 Å². The summed E-state index contributed by atoms with van der Waals surface area (Å²) in [4.78, 5) is 24.4. The van der Waals surface area contributed by atoms with Crippen molar-refractivity contribution >= 4 is 11.9 Å². The van der Waals surface area contributed by atoms with Crippen molar-refractivity contribution in [1.82, 2.24) is 15.1 Å². The molecule has 1 aromatic carbocycles. The molecular weight excluding hydrogens is 318 g/mol. The Morgan fingerprint density at radius 3 is 2.52 bits per heavy atom. The Morgan fingerprint density at radius 2 is 1.88 bits per heavy atom. The smallest absolute Gasteiger partial charge is 0.329 e. The van der Waals surface area contributed by atoms with E-state index in [2.05, 4.69) is 10.4 Å². The van der Waals surface area contributed by atoms with Crippen LogP contribution >= 0.6 is 0 Å². The molecule has 0 spiro atoms. The molecule has 1 amide bonds. The quantitative estimate of drug-likeness (QED) is 0.876. The van der Waals surface area contributed by atoms with E-state index in [9.17, 15) is 14.7 Å². The molecule has 6 heteroatoms. The third-order valence-corrected chi connectivity index (χ3v) is 4.99. The number of nitrogens with zero attached hydrogens (tertiary/aromatic N) is 2. The van der Waals surface area contributed by atoms with E-state index < -0.39 is 11.5 Å². The Kier molecular flexibility index (Phi) is 4.88. The van der Waals surface area contributed by atoms with Gasteiger partial charge in [0.2, 0.25) is 0 Å². The summed E-state index contributed by atoms with van der Waals surface area (Å²) in [6, 6.07) is 9.88. The van der Waals surface area contributed by atoms with Gasteiger partial charge in [0, 0.05) is 5.69 Å². The van der Waals surface area contributed by atoms with Gasteiger partial charge in [-0.1, -0.05) is 49.6 Å². The van der Waals surface area contributed by atoms with E-state index >= 15 is 0 Å². The number of nitrogens with one attached hydrogen (secondary N) is 1. The summed E-state index contributed by atoms with van der Waals surface area (Å²) in [7, 11) is 0. The van der Waals surface area contributed by atoms with Crippen LogP contribution in [0.5, 0.6) is 0 Å². The maximum Gasteiger partial charge on any atom is 0.329 e. The predicted molar refractivity (Wildman–Crippen MR) is 93.4 cm³/mol. The Morgan fingerprint density at radius 1 is 1.20 bits per heavy atom. The number of hydrogen-bond donors (Lipinski definition) is 2. The molecule has 25 heavy (non-hydrogen) atoms. The van der Waals surface area contributed by atoms with Gasteiger partial charge in [-0.3, -0.25) is 9.48 Å². The molecule has 0 unspecified atom stereocenters. The molecule has 1 heterocycles. The lowest BCUT2D eigenvalue weighted by molar-refractivity contribution is -0.145. The summed E-state index contributed by atoms with van der Waals surface area (Å²) in [5.41, 5.74) is 1.11. The van der Waals surface area contributed by atoms with Crippen LogP contribution in [0.2, 0.25) is 0 Å². The molecule has 0 bridgehead atoms. The van der Waals surface area contributed by atoms with Gasteiger partial charge in [-0.2, -0.15) is 5.10 Å². The number of carboxylic acids is 1. The lowest BCUT2D eigenvalue weighted by Gasteiger charge is -2.33. The zero-order chi connectivity index (χ0) is 17.9. The maximum atomic E-state index is 12.7. The van der Waals surface area contributed by atoms with Crippen LogP contribution in [0.4, 0.5) is 0 Å². The number of hydrogen-bond acceptors (Lipinski definition) is 3. The van der Waals surface area contributed by atoms with E-state index in [1.54, 1.807) is 4.68 Å². The number of carbonyl (C=O) groups excluding carboxylic acids is 1. The Bertz CT molecular complexity index is 761. The zero-order valence-corrected chi connectivity index (χ0v) is 14.4. The summed E-state index contributed by atoms with van der Waals surface area (Å²) in [6.45, 7) is 2.41. The Hall–Kier alpha value is -2.63. The molecular formula is C19H23N3O3. The highest BCUT2D eigenvalue weighted by atomic mass is 16.4. The lowest BCUT2D eigenvalue weighted by atomic mass is 9.81. The minimum absolute atomic E-state index is 0.360. The van der Waals surface area contributed by atoms with Crippen molar-refractivity contribution < 1.29 is 14.7 Å². The number of benzene rings is 1. The first-order chi connectivity index (χ1) is 12.0. The van der Waals surface area contributed by atoms with Crippen LogP contribution in [0, 0.1) is 6.92 Å². The zero-order valence-electron chi connectivity index (χ0n) is 14.4. The molecule has 132 valence electrons.